The van der Waals surface area contributed by atoms with Crippen LogP contribution in [0.25, 0.3) is 0 Å². The molecule has 0 bridgehead atoms. The van der Waals surface area contributed by atoms with Crippen molar-refractivity contribution in [3.63, 3.8) is 0 Å². The summed E-state index contributed by atoms with van der Waals surface area (Å²) in [5.41, 5.74) is 0. The van der Waals surface area contributed by atoms with Crippen molar-refractivity contribution in [2.24, 2.45) is 0 Å². The molecule has 88 valence electrons. The van der Waals surface area contributed by atoms with Crippen LogP contribution in [-0.4, -0.2) is 54.2 Å². The summed E-state index contributed by atoms with van der Waals surface area (Å²) in [6.45, 7) is 2.69. The van der Waals surface area contributed by atoms with Crippen LogP contribution in [0.5, 0.6) is 0 Å². The average Bonchev–Trinajstić information content (AvgIpc) is 2.16. The Kier molecular flexibility index (Phi) is 18.4. The van der Waals surface area contributed by atoms with Gasteiger partial charge in [-0.1, -0.05) is 0 Å². The van der Waals surface area contributed by atoms with Gasteiger partial charge < -0.3 is 23.7 Å². The SMILES string of the molecule is COCCOCOCOCCOC.Cl. The van der Waals surface area contributed by atoms with Crippen molar-refractivity contribution in [1.82, 2.24) is 0 Å². The van der Waals surface area contributed by atoms with Gasteiger partial charge in [-0.05, 0) is 0 Å². The molecule has 0 heterocycles. The Bertz CT molecular complexity index is 83.8. The maximum Gasteiger partial charge on any atom is 0.149 e. The van der Waals surface area contributed by atoms with E-state index in [1.54, 1.807) is 14.2 Å². The third-order valence-electron chi connectivity index (χ3n) is 1.20. The molecule has 0 aromatic carbocycles. The van der Waals surface area contributed by atoms with Crippen molar-refractivity contribution in [1.29, 1.82) is 0 Å². The summed E-state index contributed by atoms with van der Waals surface area (Å²) in [6.07, 6.45) is 0. The lowest BCUT2D eigenvalue weighted by Crippen LogP contribution is -2.10. The Hall–Kier alpha value is 0.0900. The highest BCUT2D eigenvalue weighted by atomic mass is 35.5. The number of halogens is 1. The Morgan fingerprint density at radius 2 is 1.07 bits per heavy atom. The summed E-state index contributed by atoms with van der Waals surface area (Å²) in [6, 6.07) is 0. The number of methoxy groups -OCH3 is 2. The minimum atomic E-state index is 0. The molecule has 5 nitrogen and oxygen atoms in total. The molecule has 0 radical (unpaired) electrons. The molecule has 0 N–H and O–H groups in total. The van der Waals surface area contributed by atoms with Crippen LogP contribution >= 0.6 is 12.4 Å². The first-order valence-corrected chi connectivity index (χ1v) is 4.13. The molecule has 6 heteroatoms. The second-order valence-corrected chi connectivity index (χ2v) is 2.24. The second kappa shape index (κ2) is 15.6. The molecule has 0 saturated heterocycles. The average molecular weight is 231 g/mol. The molecule has 0 atom stereocenters. The monoisotopic (exact) mass is 230 g/mol. The van der Waals surface area contributed by atoms with Crippen LogP contribution in [0.4, 0.5) is 0 Å². The van der Waals surface area contributed by atoms with E-state index in [1.807, 2.05) is 0 Å². The van der Waals surface area contributed by atoms with Gasteiger partial charge in [0.2, 0.25) is 0 Å². The van der Waals surface area contributed by atoms with Gasteiger partial charge >= 0.3 is 0 Å². The van der Waals surface area contributed by atoms with Crippen LogP contribution in [0.2, 0.25) is 0 Å². The smallest absolute Gasteiger partial charge is 0.149 e. The van der Waals surface area contributed by atoms with E-state index in [-0.39, 0.29) is 26.0 Å². The summed E-state index contributed by atoms with van der Waals surface area (Å²) < 4.78 is 24.6. The lowest BCUT2D eigenvalue weighted by molar-refractivity contribution is -0.139. The first kappa shape index (κ1) is 16.5. The molecule has 0 aromatic rings. The van der Waals surface area contributed by atoms with Gasteiger partial charge in [0.25, 0.3) is 0 Å². The quantitative estimate of drug-likeness (QED) is 0.408. The van der Waals surface area contributed by atoms with Gasteiger partial charge in [0, 0.05) is 14.2 Å². The summed E-state index contributed by atoms with van der Waals surface area (Å²) in [5.74, 6) is 0. The van der Waals surface area contributed by atoms with Crippen molar-refractivity contribution in [3.05, 3.63) is 0 Å². The van der Waals surface area contributed by atoms with E-state index in [9.17, 15) is 0 Å². The van der Waals surface area contributed by atoms with E-state index >= 15 is 0 Å². The van der Waals surface area contributed by atoms with Gasteiger partial charge in [-0.15, -0.1) is 12.4 Å². The summed E-state index contributed by atoms with van der Waals surface area (Å²) in [7, 11) is 3.25. The molecular formula is C8H19ClO5. The maximum atomic E-state index is 5.02. The first-order valence-electron chi connectivity index (χ1n) is 4.13. The van der Waals surface area contributed by atoms with Gasteiger partial charge in [0.05, 0.1) is 26.4 Å². The van der Waals surface area contributed by atoms with Crippen LogP contribution in [-0.2, 0) is 23.7 Å². The largest absolute Gasteiger partial charge is 0.382 e. The lowest BCUT2D eigenvalue weighted by atomic mass is 10.8. The van der Waals surface area contributed by atoms with Crippen molar-refractivity contribution in [2.75, 3.05) is 54.2 Å². The molecule has 0 amide bonds. The molecule has 0 unspecified atom stereocenters. The molecule has 0 spiro atoms. The maximum absolute atomic E-state index is 5.02. The third kappa shape index (κ3) is 14.6. The highest BCUT2D eigenvalue weighted by Gasteiger charge is 1.89. The Labute approximate surface area is 91.0 Å². The van der Waals surface area contributed by atoms with Gasteiger partial charge in [0.1, 0.15) is 13.6 Å². The van der Waals surface area contributed by atoms with E-state index < -0.39 is 0 Å². The fourth-order valence-corrected chi connectivity index (χ4v) is 0.554. The standard InChI is InChI=1S/C8H18O5.ClH/c1-9-3-5-11-7-13-8-12-6-4-10-2;/h3-8H2,1-2H3;1H. The van der Waals surface area contributed by atoms with Gasteiger partial charge in [-0.25, -0.2) is 0 Å². The molecule has 0 saturated carbocycles. The van der Waals surface area contributed by atoms with E-state index in [2.05, 4.69) is 0 Å². The molecular weight excluding hydrogens is 212 g/mol. The fourth-order valence-electron chi connectivity index (χ4n) is 0.554. The predicted octanol–water partition coefficient (Wildman–Crippen LogP) is 0.666. The normalized spacial score (nSPS) is 9.86. The molecule has 0 fully saturated rings. The molecule has 14 heavy (non-hydrogen) atoms. The van der Waals surface area contributed by atoms with Crippen molar-refractivity contribution < 1.29 is 23.7 Å². The Balaban J connectivity index is 0. The minimum Gasteiger partial charge on any atom is -0.382 e. The zero-order valence-electron chi connectivity index (χ0n) is 8.69. The molecule has 0 aliphatic heterocycles. The van der Waals surface area contributed by atoms with Gasteiger partial charge in [0.15, 0.2) is 0 Å². The molecule has 0 aromatic heterocycles. The number of hydrogen-bond donors (Lipinski definition) is 0. The highest BCUT2D eigenvalue weighted by molar-refractivity contribution is 5.85. The van der Waals surface area contributed by atoms with Crippen LogP contribution in [0.3, 0.4) is 0 Å². The van der Waals surface area contributed by atoms with E-state index in [1.165, 1.54) is 0 Å². The van der Waals surface area contributed by atoms with Gasteiger partial charge in [-0.3, -0.25) is 0 Å². The van der Waals surface area contributed by atoms with Crippen LogP contribution in [0, 0.1) is 0 Å². The van der Waals surface area contributed by atoms with Crippen molar-refractivity contribution >= 4 is 12.4 Å². The lowest BCUT2D eigenvalue weighted by Gasteiger charge is -2.05. The summed E-state index contributed by atoms with van der Waals surface area (Å²) >= 11 is 0. The Morgan fingerprint density at radius 3 is 1.43 bits per heavy atom. The van der Waals surface area contributed by atoms with Crippen LogP contribution < -0.4 is 0 Å². The van der Waals surface area contributed by atoms with Crippen LogP contribution in [0.15, 0.2) is 0 Å². The summed E-state index contributed by atoms with van der Waals surface area (Å²) in [5, 5.41) is 0. The number of ether oxygens (including phenoxy) is 5. The topological polar surface area (TPSA) is 46.2 Å². The van der Waals surface area contributed by atoms with E-state index in [0.717, 1.165) is 0 Å². The first-order chi connectivity index (χ1) is 6.41. The summed E-state index contributed by atoms with van der Waals surface area (Å²) in [4.78, 5) is 0. The second-order valence-electron chi connectivity index (χ2n) is 2.24. The fraction of sp³-hybridized carbons (Fsp3) is 1.00. The molecule has 0 aliphatic carbocycles. The van der Waals surface area contributed by atoms with E-state index in [4.69, 9.17) is 23.7 Å². The third-order valence-corrected chi connectivity index (χ3v) is 1.20. The molecule has 0 rings (SSSR count). The minimum absolute atomic E-state index is 0. The van der Waals surface area contributed by atoms with E-state index in [0.29, 0.717) is 26.4 Å². The van der Waals surface area contributed by atoms with Crippen molar-refractivity contribution in [2.45, 2.75) is 0 Å². The predicted molar refractivity (Wildman–Crippen MR) is 53.7 cm³/mol. The van der Waals surface area contributed by atoms with Crippen molar-refractivity contribution in [3.8, 4) is 0 Å². The zero-order chi connectivity index (χ0) is 9.78. The van der Waals surface area contributed by atoms with Gasteiger partial charge in [-0.2, -0.15) is 0 Å². The molecule has 0 aliphatic rings. The van der Waals surface area contributed by atoms with Crippen LogP contribution in [0.1, 0.15) is 0 Å². The Morgan fingerprint density at radius 1 is 0.643 bits per heavy atom. The zero-order valence-corrected chi connectivity index (χ0v) is 9.51. The highest BCUT2D eigenvalue weighted by Crippen LogP contribution is 1.81. The number of rotatable bonds is 10. The number of hydrogen-bond acceptors (Lipinski definition) is 5.